The topological polar surface area (TPSA) is 80.7 Å². The van der Waals surface area contributed by atoms with Gasteiger partial charge in [0.15, 0.2) is 5.11 Å². The van der Waals surface area contributed by atoms with Crippen molar-refractivity contribution in [3.8, 4) is 11.4 Å². The Morgan fingerprint density at radius 3 is 2.50 bits per heavy atom. The maximum atomic E-state index is 12.4. The number of carbonyl (C=O) groups excluding carboxylic acids is 1. The lowest BCUT2D eigenvalue weighted by Gasteiger charge is -2.29. The second kappa shape index (κ2) is 11.7. The number of carbonyl (C=O) groups is 1. The molecule has 0 unspecified atom stereocenters. The largest absolute Gasteiger partial charge is 0.495 e. The number of aryl methyl sites for hydroxylation is 1. The number of pyridine rings is 1. The zero-order chi connectivity index (χ0) is 28.4. The first-order chi connectivity index (χ1) is 19.3. The molecule has 0 bridgehead atoms. The van der Waals surface area contributed by atoms with Crippen LogP contribution in [0.25, 0.3) is 5.69 Å². The fourth-order valence-electron chi connectivity index (χ4n) is 5.28. The van der Waals surface area contributed by atoms with Crippen LogP contribution in [0.4, 0.5) is 11.4 Å². The molecule has 1 saturated heterocycles. The lowest BCUT2D eigenvalue weighted by Crippen LogP contribution is -2.29. The van der Waals surface area contributed by atoms with Gasteiger partial charge in [-0.1, -0.05) is 17.7 Å². The third-order valence-corrected chi connectivity index (χ3v) is 7.55. The van der Waals surface area contributed by atoms with Crippen LogP contribution in [0.15, 0.2) is 72.9 Å². The van der Waals surface area contributed by atoms with Crippen LogP contribution in [0.1, 0.15) is 34.7 Å². The molecule has 1 fully saturated rings. The monoisotopic (exact) mass is 575 g/mol. The summed E-state index contributed by atoms with van der Waals surface area (Å²) in [5, 5.41) is 7.63. The molecule has 4 aromatic rings. The van der Waals surface area contributed by atoms with Gasteiger partial charge in [-0.05, 0) is 92.3 Å². The minimum absolute atomic E-state index is 0.0713. The third-order valence-electron chi connectivity index (χ3n) is 6.98. The molecule has 8 nitrogen and oxygen atoms in total. The zero-order valence-electron chi connectivity index (χ0n) is 22.6. The summed E-state index contributed by atoms with van der Waals surface area (Å²) >= 11 is 12.1. The number of hydrogen-bond acceptors (Lipinski definition) is 5. The number of ether oxygens (including phenoxy) is 2. The number of thiocarbonyl (C=S) groups is 1. The van der Waals surface area contributed by atoms with E-state index in [2.05, 4.69) is 45.0 Å². The van der Waals surface area contributed by atoms with E-state index in [1.54, 1.807) is 13.3 Å². The van der Waals surface area contributed by atoms with Crippen LogP contribution in [-0.4, -0.2) is 41.4 Å². The maximum Gasteiger partial charge on any atom is 0.250 e. The van der Waals surface area contributed by atoms with Gasteiger partial charge in [0.2, 0.25) is 5.91 Å². The van der Waals surface area contributed by atoms with Crippen molar-refractivity contribution in [2.45, 2.75) is 25.9 Å². The van der Waals surface area contributed by atoms with E-state index >= 15 is 0 Å². The SMILES string of the molecule is COCC(=O)Nc1cc(N2C(=S)N[C@H](c3ccccn3)[C@H]2c2cc(C)n(-c3ccc(Cl)cc3)c2C)ccc1OC. The highest BCUT2D eigenvalue weighted by Gasteiger charge is 2.42. The Bertz CT molecular complexity index is 1540. The quantitative estimate of drug-likeness (QED) is 0.253. The highest BCUT2D eigenvalue weighted by Crippen LogP contribution is 2.45. The van der Waals surface area contributed by atoms with Crippen LogP contribution in [0, 0.1) is 13.8 Å². The first kappa shape index (κ1) is 27.6. The Morgan fingerprint density at radius 1 is 1.07 bits per heavy atom. The molecule has 0 radical (unpaired) electrons. The predicted octanol–water partition coefficient (Wildman–Crippen LogP) is 5.91. The zero-order valence-corrected chi connectivity index (χ0v) is 24.2. The van der Waals surface area contributed by atoms with Crippen LogP contribution in [0.2, 0.25) is 5.02 Å². The number of nitrogens with one attached hydrogen (secondary N) is 2. The Hall–Kier alpha value is -3.92. The Kier molecular flexibility index (Phi) is 8.07. The summed E-state index contributed by atoms with van der Waals surface area (Å²) in [6, 6.07) is 21.0. The lowest BCUT2D eigenvalue weighted by molar-refractivity contribution is -0.119. The van der Waals surface area contributed by atoms with E-state index < -0.39 is 0 Å². The van der Waals surface area contributed by atoms with Gasteiger partial charge >= 0.3 is 0 Å². The normalized spacial score (nSPS) is 16.6. The number of hydrogen-bond donors (Lipinski definition) is 2. The highest BCUT2D eigenvalue weighted by atomic mass is 35.5. The molecule has 1 amide bonds. The summed E-state index contributed by atoms with van der Waals surface area (Å²) in [6.07, 6.45) is 1.79. The fourth-order valence-corrected chi connectivity index (χ4v) is 5.76. The van der Waals surface area contributed by atoms with E-state index in [4.69, 9.17) is 33.3 Å². The lowest BCUT2D eigenvalue weighted by atomic mass is 9.96. The van der Waals surface area contributed by atoms with Crippen molar-refractivity contribution in [1.29, 1.82) is 0 Å². The molecule has 2 aromatic heterocycles. The van der Waals surface area contributed by atoms with Crippen molar-refractivity contribution in [3.63, 3.8) is 0 Å². The van der Waals surface area contributed by atoms with Crippen LogP contribution < -0.4 is 20.3 Å². The molecule has 0 saturated carbocycles. The average molecular weight is 576 g/mol. The molecule has 0 aliphatic carbocycles. The Balaban J connectivity index is 1.64. The molecule has 10 heteroatoms. The smallest absolute Gasteiger partial charge is 0.250 e. The van der Waals surface area contributed by atoms with E-state index in [1.165, 1.54) is 7.11 Å². The summed E-state index contributed by atoms with van der Waals surface area (Å²) in [7, 11) is 3.04. The number of aromatic nitrogens is 2. The number of benzene rings is 2. The molecule has 206 valence electrons. The number of anilines is 2. The Labute approximate surface area is 243 Å². The molecule has 2 aromatic carbocycles. The van der Waals surface area contributed by atoms with Gasteiger partial charge in [0.25, 0.3) is 0 Å². The maximum absolute atomic E-state index is 12.4. The van der Waals surface area contributed by atoms with Crippen molar-refractivity contribution < 1.29 is 14.3 Å². The van der Waals surface area contributed by atoms with E-state index in [-0.39, 0.29) is 24.6 Å². The van der Waals surface area contributed by atoms with Gasteiger partial charge in [0.05, 0.1) is 30.6 Å². The molecule has 1 aliphatic heterocycles. The number of rotatable bonds is 8. The van der Waals surface area contributed by atoms with Crippen molar-refractivity contribution in [2.24, 2.45) is 0 Å². The molecule has 3 heterocycles. The molecular weight excluding hydrogens is 546 g/mol. The summed E-state index contributed by atoms with van der Waals surface area (Å²) in [5.41, 5.74) is 6.46. The van der Waals surface area contributed by atoms with Gasteiger partial charge in [-0.15, -0.1) is 0 Å². The third kappa shape index (κ3) is 5.28. The van der Waals surface area contributed by atoms with Crippen LogP contribution in [0.3, 0.4) is 0 Å². The molecular formula is C30H30ClN5O3S. The van der Waals surface area contributed by atoms with Gasteiger partial charge in [0.1, 0.15) is 12.4 Å². The average Bonchev–Trinajstić information content (AvgIpc) is 3.44. The van der Waals surface area contributed by atoms with E-state index in [0.717, 1.165) is 34.0 Å². The molecule has 2 atom stereocenters. The first-order valence-electron chi connectivity index (χ1n) is 12.7. The molecule has 1 aliphatic rings. The van der Waals surface area contributed by atoms with Gasteiger partial charge in [-0.2, -0.15) is 0 Å². The second-order valence-corrected chi connectivity index (χ2v) is 10.3. The minimum Gasteiger partial charge on any atom is -0.495 e. The number of amides is 1. The summed E-state index contributed by atoms with van der Waals surface area (Å²) in [6.45, 7) is 4.12. The molecule has 5 rings (SSSR count). The van der Waals surface area contributed by atoms with Crippen molar-refractivity contribution in [2.75, 3.05) is 31.0 Å². The van der Waals surface area contributed by atoms with Gasteiger partial charge < -0.3 is 29.6 Å². The number of nitrogens with zero attached hydrogens (tertiary/aromatic N) is 3. The van der Waals surface area contributed by atoms with Crippen LogP contribution >= 0.6 is 23.8 Å². The molecule has 0 spiro atoms. The van der Waals surface area contributed by atoms with E-state index in [0.29, 0.717) is 21.6 Å². The van der Waals surface area contributed by atoms with Crippen molar-refractivity contribution in [3.05, 3.63) is 101 Å². The first-order valence-corrected chi connectivity index (χ1v) is 13.5. The summed E-state index contributed by atoms with van der Waals surface area (Å²) < 4.78 is 12.7. The van der Waals surface area contributed by atoms with Crippen LogP contribution in [0.5, 0.6) is 5.75 Å². The van der Waals surface area contributed by atoms with Gasteiger partial charge in [0, 0.05) is 41.1 Å². The van der Waals surface area contributed by atoms with Gasteiger partial charge in [-0.3, -0.25) is 9.78 Å². The minimum atomic E-state index is -0.283. The number of halogens is 1. The van der Waals surface area contributed by atoms with Crippen molar-refractivity contribution in [1.82, 2.24) is 14.9 Å². The van der Waals surface area contributed by atoms with Gasteiger partial charge in [-0.25, -0.2) is 0 Å². The molecule has 2 N–H and O–H groups in total. The predicted molar refractivity (Wildman–Crippen MR) is 162 cm³/mol. The van der Waals surface area contributed by atoms with Crippen molar-refractivity contribution >= 4 is 46.2 Å². The fraction of sp³-hybridized carbons (Fsp3) is 0.233. The Morgan fingerprint density at radius 2 is 1.82 bits per heavy atom. The van der Waals surface area contributed by atoms with E-state index in [9.17, 15) is 4.79 Å². The van der Waals surface area contributed by atoms with Crippen LogP contribution in [-0.2, 0) is 9.53 Å². The second-order valence-electron chi connectivity index (χ2n) is 9.50. The summed E-state index contributed by atoms with van der Waals surface area (Å²) in [4.78, 5) is 19.1. The van der Waals surface area contributed by atoms with E-state index in [1.807, 2.05) is 60.7 Å². The summed E-state index contributed by atoms with van der Waals surface area (Å²) in [5.74, 6) is 0.250. The number of methoxy groups -OCH3 is 2. The highest BCUT2D eigenvalue weighted by molar-refractivity contribution is 7.80. The standard InChI is InChI=1S/C30H30ClN5O3S/c1-18-15-23(19(2)35(18)21-10-8-20(31)9-11-21)29-28(24-7-5-6-14-32-24)34-30(40)36(29)22-12-13-26(39-4)25(16-22)33-27(37)17-38-3/h5-16,28-29H,17H2,1-4H3,(H,33,37)(H,34,40)/t28-,29-/m1/s1. The molecule has 40 heavy (non-hydrogen) atoms.